The average Bonchev–Trinajstić information content (AvgIpc) is 2.30. The highest BCUT2D eigenvalue weighted by Crippen LogP contribution is 2.40. The van der Waals surface area contributed by atoms with Crippen molar-refractivity contribution in [1.82, 2.24) is 0 Å². The number of hydrogen-bond donors (Lipinski definition) is 1. The summed E-state index contributed by atoms with van der Waals surface area (Å²) in [6, 6.07) is 0. The van der Waals surface area contributed by atoms with Crippen LogP contribution >= 0.6 is 12.4 Å². The smallest absolute Gasteiger partial charge is 0.0137 e. The molecule has 1 fully saturated rings. The van der Waals surface area contributed by atoms with Gasteiger partial charge < -0.3 is 5.73 Å². The lowest BCUT2D eigenvalue weighted by atomic mass is 9.90. The second-order valence-electron chi connectivity index (χ2n) is 3.67. The lowest BCUT2D eigenvalue weighted by Gasteiger charge is -2.17. The molecule has 0 aromatic heterocycles. The van der Waals surface area contributed by atoms with E-state index in [4.69, 9.17) is 5.73 Å². The van der Waals surface area contributed by atoms with Crippen molar-refractivity contribution in [2.45, 2.75) is 25.7 Å². The normalized spacial score (nSPS) is 34.5. The Morgan fingerprint density at radius 2 is 2.27 bits per heavy atom. The highest BCUT2D eigenvalue weighted by molar-refractivity contribution is 5.85. The van der Waals surface area contributed by atoms with Gasteiger partial charge in [0.2, 0.25) is 0 Å². The molecule has 0 aromatic carbocycles. The fraction of sp³-hybridized carbons (Fsp3) is 0.778. The first-order valence-corrected chi connectivity index (χ1v) is 4.28. The van der Waals surface area contributed by atoms with Crippen molar-refractivity contribution in [3.8, 4) is 0 Å². The topological polar surface area (TPSA) is 26.0 Å². The van der Waals surface area contributed by atoms with E-state index in [9.17, 15) is 0 Å². The Kier molecular flexibility index (Phi) is 2.97. The molecule has 2 aliphatic rings. The van der Waals surface area contributed by atoms with E-state index in [1.165, 1.54) is 31.3 Å². The minimum atomic E-state index is 0. The highest BCUT2D eigenvalue weighted by atomic mass is 35.5. The Balaban J connectivity index is 0.000000605. The summed E-state index contributed by atoms with van der Waals surface area (Å²) in [7, 11) is 0. The zero-order valence-electron chi connectivity index (χ0n) is 6.75. The maximum Gasteiger partial charge on any atom is 0.0137 e. The average molecular weight is 174 g/mol. The molecular weight excluding hydrogens is 158 g/mol. The van der Waals surface area contributed by atoms with Crippen molar-refractivity contribution in [1.29, 1.82) is 0 Å². The van der Waals surface area contributed by atoms with Crippen LogP contribution in [-0.2, 0) is 0 Å². The first kappa shape index (κ1) is 9.08. The van der Waals surface area contributed by atoms with Gasteiger partial charge in [0.05, 0.1) is 0 Å². The quantitative estimate of drug-likeness (QED) is 0.604. The number of allylic oxidation sites excluding steroid dienone is 1. The SMILES string of the molecule is Cl.NCC1=CC2CCC(C1)C2. The van der Waals surface area contributed by atoms with Crippen LogP contribution in [0.25, 0.3) is 0 Å². The molecule has 2 aliphatic carbocycles. The lowest BCUT2D eigenvalue weighted by molar-refractivity contribution is 0.498. The third kappa shape index (κ3) is 1.77. The van der Waals surface area contributed by atoms with E-state index in [0.717, 1.165) is 18.4 Å². The number of halogens is 1. The maximum absolute atomic E-state index is 5.59. The van der Waals surface area contributed by atoms with Gasteiger partial charge in [-0.25, -0.2) is 0 Å². The first-order valence-electron chi connectivity index (χ1n) is 4.28. The van der Waals surface area contributed by atoms with Gasteiger partial charge in [-0.15, -0.1) is 12.4 Å². The Bertz CT molecular complexity index is 165. The Morgan fingerprint density at radius 3 is 2.91 bits per heavy atom. The van der Waals surface area contributed by atoms with Gasteiger partial charge in [-0.2, -0.15) is 0 Å². The van der Waals surface area contributed by atoms with Crippen molar-refractivity contribution in [2.24, 2.45) is 17.6 Å². The molecule has 2 rings (SSSR count). The van der Waals surface area contributed by atoms with Crippen LogP contribution in [0.3, 0.4) is 0 Å². The summed E-state index contributed by atoms with van der Waals surface area (Å²) in [5.41, 5.74) is 7.10. The van der Waals surface area contributed by atoms with E-state index in [0.29, 0.717) is 0 Å². The predicted molar refractivity (Wildman–Crippen MR) is 49.8 cm³/mol. The zero-order valence-corrected chi connectivity index (χ0v) is 7.57. The third-order valence-electron chi connectivity index (χ3n) is 2.87. The number of fused-ring (bicyclic) bond motifs is 2. The minimum Gasteiger partial charge on any atom is -0.327 e. The van der Waals surface area contributed by atoms with E-state index >= 15 is 0 Å². The summed E-state index contributed by atoms with van der Waals surface area (Å²) in [5.74, 6) is 1.89. The molecule has 1 saturated carbocycles. The molecule has 0 aromatic rings. The molecule has 2 bridgehead atoms. The van der Waals surface area contributed by atoms with Crippen LogP contribution in [0.2, 0.25) is 0 Å². The van der Waals surface area contributed by atoms with Gasteiger partial charge in [0.1, 0.15) is 0 Å². The standard InChI is InChI=1S/C9H15N.ClH/c10-6-9-4-7-1-2-8(3-7)5-9;/h4,7-8H,1-3,5-6,10H2;1H. The molecule has 11 heavy (non-hydrogen) atoms. The first-order chi connectivity index (χ1) is 4.88. The monoisotopic (exact) mass is 173 g/mol. The molecule has 0 heterocycles. The zero-order chi connectivity index (χ0) is 6.97. The van der Waals surface area contributed by atoms with Gasteiger partial charge >= 0.3 is 0 Å². The summed E-state index contributed by atoms with van der Waals surface area (Å²) in [6.45, 7) is 0.799. The van der Waals surface area contributed by atoms with E-state index in [1.54, 1.807) is 0 Å². The van der Waals surface area contributed by atoms with Gasteiger partial charge in [-0.1, -0.05) is 11.6 Å². The molecule has 1 nitrogen and oxygen atoms in total. The van der Waals surface area contributed by atoms with Gasteiger partial charge in [0.15, 0.2) is 0 Å². The molecule has 0 aliphatic heterocycles. The molecule has 2 unspecified atom stereocenters. The molecule has 2 heteroatoms. The molecule has 2 atom stereocenters. The molecule has 0 radical (unpaired) electrons. The summed E-state index contributed by atoms with van der Waals surface area (Å²) in [4.78, 5) is 0. The van der Waals surface area contributed by atoms with E-state index < -0.39 is 0 Å². The van der Waals surface area contributed by atoms with Crippen LogP contribution in [0.15, 0.2) is 11.6 Å². The minimum absolute atomic E-state index is 0. The van der Waals surface area contributed by atoms with Gasteiger partial charge in [0.25, 0.3) is 0 Å². The molecule has 0 spiro atoms. The summed E-state index contributed by atoms with van der Waals surface area (Å²) in [6.07, 6.45) is 8.04. The van der Waals surface area contributed by atoms with Crippen LogP contribution < -0.4 is 5.73 Å². The van der Waals surface area contributed by atoms with Crippen LogP contribution in [0.1, 0.15) is 25.7 Å². The van der Waals surface area contributed by atoms with Crippen molar-refractivity contribution in [2.75, 3.05) is 6.54 Å². The van der Waals surface area contributed by atoms with Gasteiger partial charge in [0, 0.05) is 6.54 Å². The fourth-order valence-electron chi connectivity index (χ4n) is 2.37. The molecule has 64 valence electrons. The fourth-order valence-corrected chi connectivity index (χ4v) is 2.37. The van der Waals surface area contributed by atoms with Crippen LogP contribution in [0.5, 0.6) is 0 Å². The predicted octanol–water partition coefficient (Wildman–Crippen LogP) is 2.11. The van der Waals surface area contributed by atoms with Gasteiger partial charge in [-0.05, 0) is 37.5 Å². The number of hydrogen-bond acceptors (Lipinski definition) is 1. The second kappa shape index (κ2) is 3.59. The summed E-state index contributed by atoms with van der Waals surface area (Å²) in [5, 5.41) is 0. The van der Waals surface area contributed by atoms with E-state index in [1.807, 2.05) is 0 Å². The van der Waals surface area contributed by atoms with E-state index in [-0.39, 0.29) is 12.4 Å². The van der Waals surface area contributed by atoms with Crippen molar-refractivity contribution in [3.63, 3.8) is 0 Å². The Morgan fingerprint density at radius 1 is 1.45 bits per heavy atom. The molecule has 0 saturated heterocycles. The highest BCUT2D eigenvalue weighted by Gasteiger charge is 2.27. The summed E-state index contributed by atoms with van der Waals surface area (Å²) >= 11 is 0. The molecule has 0 amide bonds. The van der Waals surface area contributed by atoms with Crippen molar-refractivity contribution in [3.05, 3.63) is 11.6 Å². The Labute approximate surface area is 74.5 Å². The van der Waals surface area contributed by atoms with E-state index in [2.05, 4.69) is 6.08 Å². The molecular formula is C9H16ClN. The van der Waals surface area contributed by atoms with Crippen molar-refractivity contribution >= 4 is 12.4 Å². The van der Waals surface area contributed by atoms with Gasteiger partial charge in [-0.3, -0.25) is 0 Å². The largest absolute Gasteiger partial charge is 0.327 e. The number of rotatable bonds is 1. The van der Waals surface area contributed by atoms with Crippen LogP contribution in [0, 0.1) is 11.8 Å². The number of nitrogens with two attached hydrogens (primary N) is 1. The van der Waals surface area contributed by atoms with Crippen LogP contribution in [0.4, 0.5) is 0 Å². The van der Waals surface area contributed by atoms with Crippen molar-refractivity contribution < 1.29 is 0 Å². The maximum atomic E-state index is 5.59. The second-order valence-corrected chi connectivity index (χ2v) is 3.67. The van der Waals surface area contributed by atoms with Crippen LogP contribution in [-0.4, -0.2) is 6.54 Å². The molecule has 2 N–H and O–H groups in total. The lowest BCUT2D eigenvalue weighted by Crippen LogP contribution is -2.11. The summed E-state index contributed by atoms with van der Waals surface area (Å²) < 4.78 is 0. The third-order valence-corrected chi connectivity index (χ3v) is 2.87. The Hall–Kier alpha value is -0.0100.